The van der Waals surface area contributed by atoms with Crippen LogP contribution in [0.2, 0.25) is 0 Å². The SMILES string of the molecule is CSCc1cc(-c2ccccn2)c2c(c1O)C(O)=C1C(=O)[C@]3(O)C(O)=C(C(N)=O)C(=O)[C@H](N(C)C)[C@@H]3C[C@@H]1C2. The topological polar surface area (TPSA) is 174 Å². The van der Waals surface area contributed by atoms with Gasteiger partial charge in [0.25, 0.3) is 5.91 Å². The molecule has 3 aliphatic carbocycles. The third-order valence-electron chi connectivity index (χ3n) is 8.04. The van der Waals surface area contributed by atoms with E-state index in [2.05, 4.69) is 4.98 Å². The van der Waals surface area contributed by atoms with Gasteiger partial charge in [0.05, 0.1) is 17.3 Å². The Morgan fingerprint density at radius 2 is 1.95 bits per heavy atom. The van der Waals surface area contributed by atoms with Crippen LogP contribution in [-0.4, -0.2) is 79.8 Å². The molecule has 1 fully saturated rings. The van der Waals surface area contributed by atoms with Crippen LogP contribution in [0.4, 0.5) is 0 Å². The van der Waals surface area contributed by atoms with Gasteiger partial charge >= 0.3 is 0 Å². The van der Waals surface area contributed by atoms with E-state index in [4.69, 9.17) is 5.73 Å². The van der Waals surface area contributed by atoms with Crippen molar-refractivity contribution in [3.63, 3.8) is 0 Å². The Kier molecular flexibility index (Phi) is 6.56. The van der Waals surface area contributed by atoms with Crippen LogP contribution in [0.3, 0.4) is 0 Å². The lowest BCUT2D eigenvalue weighted by Crippen LogP contribution is -2.65. The molecule has 0 unspecified atom stereocenters. The molecular formula is C28H29N3O7S. The summed E-state index contributed by atoms with van der Waals surface area (Å²) in [5.74, 6) is -6.24. The van der Waals surface area contributed by atoms with Crippen molar-refractivity contribution in [3.8, 4) is 17.0 Å². The molecule has 1 heterocycles. The fraction of sp³-hybridized carbons (Fsp3) is 0.357. The van der Waals surface area contributed by atoms with Crippen LogP contribution in [0.25, 0.3) is 17.0 Å². The van der Waals surface area contributed by atoms with Crippen molar-refractivity contribution < 1.29 is 34.8 Å². The number of carbonyl (C=O) groups excluding carboxylic acids is 3. The van der Waals surface area contributed by atoms with Gasteiger partial charge in [-0.15, -0.1) is 0 Å². The number of rotatable bonds is 5. The van der Waals surface area contributed by atoms with Gasteiger partial charge in [-0.1, -0.05) is 6.07 Å². The number of benzene rings is 1. The maximum atomic E-state index is 14.0. The first kappa shape index (κ1) is 26.9. The number of aliphatic hydroxyl groups is 3. The van der Waals surface area contributed by atoms with E-state index < -0.39 is 58.0 Å². The number of aliphatic hydroxyl groups excluding tert-OH is 2. The van der Waals surface area contributed by atoms with Crippen molar-refractivity contribution in [2.45, 2.75) is 30.2 Å². The highest BCUT2D eigenvalue weighted by Gasteiger charge is 2.64. The molecule has 11 heteroatoms. The number of pyridine rings is 1. The number of fused-ring (bicyclic) bond motifs is 3. The van der Waals surface area contributed by atoms with Crippen molar-refractivity contribution in [1.29, 1.82) is 0 Å². The normalized spacial score (nSPS) is 26.4. The summed E-state index contributed by atoms with van der Waals surface area (Å²) in [6.45, 7) is 0. The first-order valence-corrected chi connectivity index (χ1v) is 13.8. The van der Waals surface area contributed by atoms with Crippen LogP contribution in [0.1, 0.15) is 23.1 Å². The van der Waals surface area contributed by atoms with Gasteiger partial charge in [0, 0.05) is 34.6 Å². The molecule has 0 spiro atoms. The molecule has 10 nitrogen and oxygen atoms in total. The summed E-state index contributed by atoms with van der Waals surface area (Å²) < 4.78 is 0. The van der Waals surface area contributed by atoms with Gasteiger partial charge in [0.2, 0.25) is 5.78 Å². The number of nitrogens with two attached hydrogens (primary N) is 1. The molecule has 0 aliphatic heterocycles. The monoisotopic (exact) mass is 551 g/mol. The number of amides is 1. The van der Waals surface area contributed by atoms with Gasteiger partial charge in [0.1, 0.15) is 22.8 Å². The smallest absolute Gasteiger partial charge is 0.255 e. The minimum atomic E-state index is -2.67. The molecule has 4 atom stereocenters. The van der Waals surface area contributed by atoms with E-state index in [-0.39, 0.29) is 29.7 Å². The molecule has 1 saturated carbocycles. The number of aromatic nitrogens is 1. The Morgan fingerprint density at radius 1 is 1.23 bits per heavy atom. The standard InChI is InChI=1S/C28H29N3O7S/c1-31(2)21-16-10-12-8-15-14(17-6-4-5-7-30-17)9-13(11-39-3)22(32)19(15)23(33)18(12)25(35)28(16,38)26(36)20(24(21)34)27(29)37/h4-7,9,12,16,21,32-33,36,38H,8,10-11H2,1-3H3,(H2,29,37)/t12-,16-,21+,28-/m0/s1. The number of carbonyl (C=O) groups is 3. The maximum Gasteiger partial charge on any atom is 0.255 e. The highest BCUT2D eigenvalue weighted by molar-refractivity contribution is 7.97. The second-order valence-corrected chi connectivity index (χ2v) is 11.3. The summed E-state index contributed by atoms with van der Waals surface area (Å²) in [4.78, 5) is 45.3. The number of ketones is 2. The minimum absolute atomic E-state index is 0.0285. The first-order chi connectivity index (χ1) is 18.4. The summed E-state index contributed by atoms with van der Waals surface area (Å²) in [5, 5.41) is 45.5. The average molecular weight is 552 g/mol. The number of aromatic hydroxyl groups is 1. The molecular weight excluding hydrogens is 522 g/mol. The van der Waals surface area contributed by atoms with Crippen molar-refractivity contribution in [2.24, 2.45) is 17.6 Å². The lowest BCUT2D eigenvalue weighted by atomic mass is 9.57. The highest BCUT2D eigenvalue weighted by Crippen LogP contribution is 2.54. The van der Waals surface area contributed by atoms with E-state index in [0.717, 1.165) is 0 Å². The Labute approximate surface area is 228 Å². The number of nitrogens with zero attached hydrogens (tertiary/aromatic N) is 2. The van der Waals surface area contributed by atoms with Gasteiger partial charge in [-0.2, -0.15) is 11.8 Å². The number of thioether (sulfide) groups is 1. The van der Waals surface area contributed by atoms with Gasteiger partial charge in [-0.05, 0) is 62.9 Å². The third kappa shape index (κ3) is 3.79. The van der Waals surface area contributed by atoms with Crippen LogP contribution in [0, 0.1) is 11.8 Å². The molecule has 3 aliphatic rings. The number of hydrogen-bond donors (Lipinski definition) is 5. The summed E-state index contributed by atoms with van der Waals surface area (Å²) in [5.41, 5.74) is 4.19. The van der Waals surface area contributed by atoms with E-state index in [0.29, 0.717) is 28.1 Å². The number of phenols is 1. The van der Waals surface area contributed by atoms with Crippen LogP contribution in [0.15, 0.2) is 47.4 Å². The molecule has 1 aromatic carbocycles. The van der Waals surface area contributed by atoms with E-state index >= 15 is 0 Å². The molecule has 1 aromatic heterocycles. The summed E-state index contributed by atoms with van der Waals surface area (Å²) in [6, 6.07) is 6.11. The average Bonchev–Trinajstić information content (AvgIpc) is 2.88. The zero-order valence-corrected chi connectivity index (χ0v) is 22.5. The second kappa shape index (κ2) is 9.51. The fourth-order valence-corrected chi connectivity index (χ4v) is 6.91. The van der Waals surface area contributed by atoms with E-state index in [1.165, 1.54) is 16.7 Å². The van der Waals surface area contributed by atoms with Gasteiger partial charge in [0.15, 0.2) is 11.4 Å². The predicted molar refractivity (Wildman–Crippen MR) is 145 cm³/mol. The third-order valence-corrected chi connectivity index (χ3v) is 8.64. The lowest BCUT2D eigenvalue weighted by molar-refractivity contribution is -0.153. The maximum absolute atomic E-state index is 14.0. The van der Waals surface area contributed by atoms with Crippen LogP contribution in [-0.2, 0) is 26.6 Å². The minimum Gasteiger partial charge on any atom is -0.508 e. The summed E-state index contributed by atoms with van der Waals surface area (Å²) in [6.07, 6.45) is 3.73. The number of primary amides is 1. The molecule has 2 aromatic rings. The zero-order chi connectivity index (χ0) is 28.4. The highest BCUT2D eigenvalue weighted by atomic mass is 32.2. The first-order valence-electron chi connectivity index (χ1n) is 12.4. The fourth-order valence-electron chi connectivity index (χ4n) is 6.38. The van der Waals surface area contributed by atoms with E-state index in [1.807, 2.05) is 24.5 Å². The largest absolute Gasteiger partial charge is 0.508 e. The Bertz CT molecular complexity index is 1480. The molecule has 1 amide bonds. The molecule has 39 heavy (non-hydrogen) atoms. The van der Waals surface area contributed by atoms with Crippen molar-refractivity contribution in [2.75, 3.05) is 20.4 Å². The number of hydrogen-bond acceptors (Lipinski definition) is 10. The quantitative estimate of drug-likeness (QED) is 0.345. The number of likely N-dealkylation sites (N-methyl/N-ethyl adjacent to an activating group) is 1. The lowest BCUT2D eigenvalue weighted by Gasteiger charge is -2.50. The van der Waals surface area contributed by atoms with Crippen molar-refractivity contribution >= 4 is 35.0 Å². The Morgan fingerprint density at radius 3 is 2.54 bits per heavy atom. The second-order valence-electron chi connectivity index (χ2n) is 10.4. The van der Waals surface area contributed by atoms with Crippen LogP contribution < -0.4 is 5.73 Å². The molecule has 5 rings (SSSR count). The number of phenolic OH excluding ortho intramolecular Hbond substituents is 1. The Balaban J connectivity index is 1.78. The van der Waals surface area contributed by atoms with E-state index in [1.54, 1.807) is 26.4 Å². The van der Waals surface area contributed by atoms with E-state index in [9.17, 15) is 34.8 Å². The van der Waals surface area contributed by atoms with Crippen LogP contribution >= 0.6 is 11.8 Å². The summed E-state index contributed by atoms with van der Waals surface area (Å²) >= 11 is 1.46. The van der Waals surface area contributed by atoms with Crippen molar-refractivity contribution in [1.82, 2.24) is 9.88 Å². The van der Waals surface area contributed by atoms with Crippen LogP contribution in [0.5, 0.6) is 5.75 Å². The van der Waals surface area contributed by atoms with Gasteiger partial charge < -0.3 is 26.2 Å². The molecule has 0 bridgehead atoms. The molecule has 6 N–H and O–H groups in total. The Hall–Kier alpha value is -3.67. The van der Waals surface area contributed by atoms with Crippen molar-refractivity contribution in [3.05, 3.63) is 64.1 Å². The predicted octanol–water partition coefficient (Wildman–Crippen LogP) is 1.89. The zero-order valence-electron chi connectivity index (χ0n) is 21.6. The molecule has 0 radical (unpaired) electrons. The molecule has 0 saturated heterocycles. The molecule has 204 valence electrons. The summed E-state index contributed by atoms with van der Waals surface area (Å²) in [7, 11) is 3.13. The number of Topliss-reactive ketones (excluding diaryl/α,β-unsaturated/α-hetero) is 2. The van der Waals surface area contributed by atoms with Gasteiger partial charge in [-0.25, -0.2) is 0 Å². The van der Waals surface area contributed by atoms with Gasteiger partial charge in [-0.3, -0.25) is 24.3 Å².